The van der Waals surface area contributed by atoms with E-state index in [4.69, 9.17) is 0 Å². The summed E-state index contributed by atoms with van der Waals surface area (Å²) in [5.41, 5.74) is 19.2. The zero-order valence-electron chi connectivity index (χ0n) is 37.6. The van der Waals surface area contributed by atoms with Crippen LogP contribution < -0.4 is 4.90 Å². The SMILES string of the molecule is C1=Cc2ccc3c4ccccc4n(-c4cccc(-c5ccccc5N(c5ccc(-c6cccc(-c7cccc8ccccc78)c6)cc5)c5cccc(-c6cccc7ccccc67)c5)c4)c3c2CC1. The fourth-order valence-corrected chi connectivity index (χ4v) is 10.9. The van der Waals surface area contributed by atoms with Crippen LogP contribution >= 0.6 is 0 Å². The first-order valence-electron chi connectivity index (χ1n) is 23.7. The van der Waals surface area contributed by atoms with Crippen molar-refractivity contribution >= 4 is 66.5 Å². The highest BCUT2D eigenvalue weighted by Gasteiger charge is 2.22. The molecule has 0 amide bonds. The van der Waals surface area contributed by atoms with E-state index in [9.17, 15) is 0 Å². The third-order valence-electron chi connectivity index (χ3n) is 14.0. The van der Waals surface area contributed by atoms with Gasteiger partial charge in [-0.25, -0.2) is 0 Å². The van der Waals surface area contributed by atoms with Crippen LogP contribution in [-0.2, 0) is 6.42 Å². The van der Waals surface area contributed by atoms with Gasteiger partial charge in [0.15, 0.2) is 0 Å². The van der Waals surface area contributed by atoms with Crippen LogP contribution in [-0.4, -0.2) is 4.57 Å². The Morgan fingerprint density at radius 1 is 0.368 bits per heavy atom. The van der Waals surface area contributed by atoms with Crippen molar-refractivity contribution < 1.29 is 0 Å². The summed E-state index contributed by atoms with van der Waals surface area (Å²) in [6.45, 7) is 0. The van der Waals surface area contributed by atoms with Gasteiger partial charge in [-0.15, -0.1) is 0 Å². The first-order chi connectivity index (χ1) is 33.7. The molecule has 0 saturated carbocycles. The average molecular weight is 867 g/mol. The molecular weight excluding hydrogens is 821 g/mol. The van der Waals surface area contributed by atoms with Crippen LogP contribution in [0.4, 0.5) is 17.1 Å². The topological polar surface area (TPSA) is 8.17 Å². The van der Waals surface area contributed by atoms with Gasteiger partial charge in [-0.05, 0) is 139 Å². The molecule has 0 saturated heterocycles. The Labute approximate surface area is 397 Å². The smallest absolute Gasteiger partial charge is 0.0579 e. The summed E-state index contributed by atoms with van der Waals surface area (Å²) in [4.78, 5) is 2.44. The number of allylic oxidation sites excluding steroid dienone is 1. The molecule has 0 N–H and O–H groups in total. The Hall–Kier alpha value is -8.72. The van der Waals surface area contributed by atoms with Gasteiger partial charge < -0.3 is 9.47 Å². The van der Waals surface area contributed by atoms with Crippen molar-refractivity contribution in [1.29, 1.82) is 0 Å². The van der Waals surface area contributed by atoms with E-state index in [1.165, 1.54) is 87.9 Å². The molecule has 13 rings (SSSR count). The van der Waals surface area contributed by atoms with E-state index < -0.39 is 0 Å². The molecule has 2 nitrogen and oxygen atoms in total. The predicted octanol–water partition coefficient (Wildman–Crippen LogP) is 18.2. The maximum Gasteiger partial charge on any atom is 0.0579 e. The van der Waals surface area contributed by atoms with Gasteiger partial charge in [-0.1, -0.05) is 200 Å². The molecule has 0 bridgehead atoms. The van der Waals surface area contributed by atoms with Crippen LogP contribution in [0.2, 0.25) is 0 Å². The number of anilines is 3. The summed E-state index contributed by atoms with van der Waals surface area (Å²) >= 11 is 0. The molecule has 320 valence electrons. The summed E-state index contributed by atoms with van der Waals surface area (Å²) in [5, 5.41) is 7.58. The van der Waals surface area contributed by atoms with Crippen LogP contribution in [0.15, 0.2) is 249 Å². The first-order valence-corrected chi connectivity index (χ1v) is 23.7. The van der Waals surface area contributed by atoms with Crippen molar-refractivity contribution in [3.63, 3.8) is 0 Å². The zero-order chi connectivity index (χ0) is 45.0. The van der Waals surface area contributed by atoms with Gasteiger partial charge in [0.05, 0.1) is 16.7 Å². The number of benzene rings is 11. The minimum Gasteiger partial charge on any atom is -0.310 e. The lowest BCUT2D eigenvalue weighted by molar-refractivity contribution is 0.984. The number of hydrogen-bond donors (Lipinski definition) is 0. The van der Waals surface area contributed by atoms with Crippen LogP contribution in [0.5, 0.6) is 0 Å². The van der Waals surface area contributed by atoms with Crippen molar-refractivity contribution in [1.82, 2.24) is 4.57 Å². The van der Waals surface area contributed by atoms with Crippen LogP contribution in [0, 0.1) is 0 Å². The number of rotatable bonds is 8. The third kappa shape index (κ3) is 6.81. The van der Waals surface area contributed by atoms with E-state index in [0.717, 1.165) is 46.7 Å². The minimum atomic E-state index is 1.03. The van der Waals surface area contributed by atoms with E-state index in [1.54, 1.807) is 0 Å². The summed E-state index contributed by atoms with van der Waals surface area (Å²) < 4.78 is 2.51. The van der Waals surface area contributed by atoms with Crippen LogP contribution in [0.1, 0.15) is 17.5 Å². The number of nitrogens with zero attached hydrogens (tertiary/aromatic N) is 2. The van der Waals surface area contributed by atoms with E-state index in [0.29, 0.717) is 0 Å². The molecule has 1 aliphatic rings. The molecule has 0 spiro atoms. The Morgan fingerprint density at radius 3 is 1.74 bits per heavy atom. The number of fused-ring (bicyclic) bond motifs is 7. The van der Waals surface area contributed by atoms with E-state index in [1.807, 2.05) is 0 Å². The van der Waals surface area contributed by atoms with Gasteiger partial charge in [-0.2, -0.15) is 0 Å². The Morgan fingerprint density at radius 2 is 0.956 bits per heavy atom. The molecule has 0 aliphatic heterocycles. The van der Waals surface area contributed by atoms with Crippen molar-refractivity contribution in [3.05, 3.63) is 260 Å². The molecule has 1 aromatic heterocycles. The number of aryl methyl sites for hydroxylation is 1. The monoisotopic (exact) mass is 866 g/mol. The van der Waals surface area contributed by atoms with Gasteiger partial charge in [0.1, 0.15) is 0 Å². The molecule has 12 aromatic rings. The molecule has 2 heteroatoms. The fourth-order valence-electron chi connectivity index (χ4n) is 10.9. The number of hydrogen-bond acceptors (Lipinski definition) is 1. The normalized spacial score (nSPS) is 12.2. The van der Waals surface area contributed by atoms with E-state index in [-0.39, 0.29) is 0 Å². The van der Waals surface area contributed by atoms with Crippen molar-refractivity contribution in [2.45, 2.75) is 12.8 Å². The van der Waals surface area contributed by atoms with Crippen molar-refractivity contribution in [2.75, 3.05) is 4.90 Å². The zero-order valence-corrected chi connectivity index (χ0v) is 37.6. The molecule has 0 unspecified atom stereocenters. The second-order valence-electron chi connectivity index (χ2n) is 18.0. The predicted molar refractivity (Wildman–Crippen MR) is 290 cm³/mol. The summed E-state index contributed by atoms with van der Waals surface area (Å²) in [6, 6.07) is 89.2. The lowest BCUT2D eigenvalue weighted by atomic mass is 9.94. The molecule has 1 aliphatic carbocycles. The van der Waals surface area contributed by atoms with Crippen molar-refractivity contribution in [3.8, 4) is 50.2 Å². The average Bonchev–Trinajstić information content (AvgIpc) is 3.76. The summed E-state index contributed by atoms with van der Waals surface area (Å²) in [5.74, 6) is 0. The van der Waals surface area contributed by atoms with Gasteiger partial charge in [-0.3, -0.25) is 0 Å². The molecule has 11 aromatic carbocycles. The first kappa shape index (κ1) is 39.6. The maximum absolute atomic E-state index is 2.51. The highest BCUT2D eigenvalue weighted by molar-refractivity contribution is 6.11. The molecule has 0 atom stereocenters. The highest BCUT2D eigenvalue weighted by Crippen LogP contribution is 2.45. The Kier molecular flexibility index (Phi) is 9.68. The summed E-state index contributed by atoms with van der Waals surface area (Å²) in [7, 11) is 0. The summed E-state index contributed by atoms with van der Waals surface area (Å²) in [6.07, 6.45) is 6.69. The molecular formula is C66H46N2. The molecule has 1 heterocycles. The number of aromatic nitrogens is 1. The van der Waals surface area contributed by atoms with Gasteiger partial charge >= 0.3 is 0 Å². The van der Waals surface area contributed by atoms with Gasteiger partial charge in [0, 0.05) is 33.4 Å². The van der Waals surface area contributed by atoms with E-state index in [2.05, 4.69) is 264 Å². The minimum absolute atomic E-state index is 1.03. The van der Waals surface area contributed by atoms with Crippen molar-refractivity contribution in [2.24, 2.45) is 0 Å². The quantitative estimate of drug-likeness (QED) is 0.148. The maximum atomic E-state index is 2.51. The van der Waals surface area contributed by atoms with Gasteiger partial charge in [0.25, 0.3) is 0 Å². The number of para-hydroxylation sites is 2. The fraction of sp³-hybridized carbons (Fsp3) is 0.0303. The molecule has 0 radical (unpaired) electrons. The highest BCUT2D eigenvalue weighted by atomic mass is 15.1. The second kappa shape index (κ2) is 16.6. The van der Waals surface area contributed by atoms with Crippen LogP contribution in [0.25, 0.3) is 99.6 Å². The van der Waals surface area contributed by atoms with E-state index >= 15 is 0 Å². The molecule has 68 heavy (non-hydrogen) atoms. The molecule has 0 fully saturated rings. The lowest BCUT2D eigenvalue weighted by Crippen LogP contribution is -2.11. The second-order valence-corrected chi connectivity index (χ2v) is 18.0. The van der Waals surface area contributed by atoms with Gasteiger partial charge in [0.2, 0.25) is 0 Å². The Balaban J connectivity index is 0.959. The van der Waals surface area contributed by atoms with Crippen LogP contribution in [0.3, 0.4) is 0 Å². The lowest BCUT2D eigenvalue weighted by Gasteiger charge is -2.28. The standard InChI is InChI=1S/C66H46N2/c1-4-27-56-46(16-1)19-14-32-58(56)50-22-11-21-49(42-50)45-36-39-53(40-37-45)67(54-25-12-23-51(43-54)59-33-15-20-47-17-2-5-28-57(47)59)64-34-9-7-29-60(64)52-24-13-26-55(44-52)68-65-35-10-8-31-62(65)63-41-38-48-18-3-6-30-61(48)66(63)68/h1-5,7-29,31-44H,6,30H2. The largest absolute Gasteiger partial charge is 0.310 e. The Bertz CT molecular complexity index is 3910. The third-order valence-corrected chi connectivity index (χ3v) is 14.0.